The molecule has 1 fully saturated rings. The van der Waals surface area contributed by atoms with Crippen molar-refractivity contribution in [3.05, 3.63) is 64.7 Å². The number of ether oxygens (including phenoxy) is 1. The van der Waals surface area contributed by atoms with E-state index in [1.807, 2.05) is 17.0 Å². The molecule has 1 N–H and O–H groups in total. The lowest BCUT2D eigenvalue weighted by atomic mass is 10.1. The van der Waals surface area contributed by atoms with E-state index in [4.69, 9.17) is 16.3 Å². The van der Waals surface area contributed by atoms with Gasteiger partial charge in [-0.1, -0.05) is 23.7 Å². The first kappa shape index (κ1) is 21.8. The van der Waals surface area contributed by atoms with Crippen LogP contribution in [0.5, 0.6) is 5.75 Å². The second-order valence-corrected chi connectivity index (χ2v) is 9.93. The van der Waals surface area contributed by atoms with Crippen LogP contribution < -0.4 is 4.74 Å². The van der Waals surface area contributed by atoms with Gasteiger partial charge in [-0.25, -0.2) is 8.42 Å². The molecule has 29 heavy (non-hydrogen) atoms. The number of aliphatic hydroxyl groups is 1. The molecule has 3 rings (SSSR count). The van der Waals surface area contributed by atoms with E-state index >= 15 is 0 Å². The average molecular weight is 438 g/mol. The summed E-state index contributed by atoms with van der Waals surface area (Å²) in [5.41, 5.74) is 1.55. The smallest absolute Gasteiger partial charge is 0.151 e. The largest absolute Gasteiger partial charge is 0.491 e. The monoisotopic (exact) mass is 437 g/mol. The Labute approximate surface area is 176 Å². The predicted molar refractivity (Wildman–Crippen MR) is 112 cm³/mol. The fourth-order valence-corrected chi connectivity index (χ4v) is 5.28. The summed E-state index contributed by atoms with van der Waals surface area (Å²) in [5.74, 6) is 0.827. The molecule has 2 aromatic rings. The lowest BCUT2D eigenvalue weighted by molar-refractivity contribution is 0.0524. The van der Waals surface area contributed by atoms with Crippen LogP contribution in [-0.4, -0.2) is 61.5 Å². The molecular weight excluding hydrogens is 414 g/mol. The van der Waals surface area contributed by atoms with Gasteiger partial charge in [-0.2, -0.15) is 0 Å². The van der Waals surface area contributed by atoms with Gasteiger partial charge in [-0.3, -0.25) is 9.69 Å². The van der Waals surface area contributed by atoms with E-state index in [1.54, 1.807) is 36.4 Å². The highest BCUT2D eigenvalue weighted by molar-refractivity contribution is 7.91. The standard InChI is InChI=1S/C21H24ClNO5S/c22-18-5-1-16(2-6-18)11-23(19-9-10-29(26,27)15-19)12-20(25)14-28-21-7-3-17(13-24)4-8-21/h1-8,13,19-20,25H,9-12,14-15H2. The number of aliphatic hydroxyl groups excluding tert-OH is 1. The number of aldehydes is 1. The van der Waals surface area contributed by atoms with E-state index < -0.39 is 15.9 Å². The fourth-order valence-electron chi connectivity index (χ4n) is 3.39. The Morgan fingerprint density at radius 2 is 1.86 bits per heavy atom. The third kappa shape index (κ3) is 6.54. The summed E-state index contributed by atoms with van der Waals surface area (Å²) in [6.45, 7) is 0.870. The number of sulfone groups is 1. The highest BCUT2D eigenvalue weighted by Crippen LogP contribution is 2.21. The van der Waals surface area contributed by atoms with Crippen molar-refractivity contribution >= 4 is 27.7 Å². The molecule has 0 saturated carbocycles. The molecule has 1 saturated heterocycles. The Hall–Kier alpha value is -1.93. The number of nitrogens with zero attached hydrogens (tertiary/aromatic N) is 1. The normalized spacial score (nSPS) is 19.2. The number of hydrogen-bond donors (Lipinski definition) is 1. The summed E-state index contributed by atoms with van der Waals surface area (Å²) in [4.78, 5) is 12.7. The van der Waals surface area contributed by atoms with Crippen LogP contribution in [0.1, 0.15) is 22.3 Å². The van der Waals surface area contributed by atoms with E-state index in [9.17, 15) is 18.3 Å². The molecule has 8 heteroatoms. The highest BCUT2D eigenvalue weighted by atomic mass is 35.5. The van der Waals surface area contributed by atoms with Gasteiger partial charge in [-0.05, 0) is 48.4 Å². The quantitative estimate of drug-likeness (QED) is 0.607. The van der Waals surface area contributed by atoms with Gasteiger partial charge >= 0.3 is 0 Å². The number of rotatable bonds is 9. The van der Waals surface area contributed by atoms with Crippen molar-refractivity contribution in [3.8, 4) is 5.75 Å². The molecule has 0 spiro atoms. The molecule has 6 nitrogen and oxygen atoms in total. The number of benzene rings is 2. The lowest BCUT2D eigenvalue weighted by Gasteiger charge is -2.30. The molecule has 1 heterocycles. The van der Waals surface area contributed by atoms with Crippen LogP contribution in [0.25, 0.3) is 0 Å². The zero-order valence-corrected chi connectivity index (χ0v) is 17.5. The van der Waals surface area contributed by atoms with Crippen molar-refractivity contribution in [2.45, 2.75) is 25.1 Å². The second kappa shape index (κ2) is 9.71. The summed E-state index contributed by atoms with van der Waals surface area (Å²) in [7, 11) is -3.04. The van der Waals surface area contributed by atoms with Gasteiger partial charge in [0, 0.05) is 29.7 Å². The van der Waals surface area contributed by atoms with Crippen molar-refractivity contribution in [3.63, 3.8) is 0 Å². The molecule has 2 atom stereocenters. The minimum atomic E-state index is -3.04. The number of halogens is 1. The van der Waals surface area contributed by atoms with Crippen LogP contribution in [0.4, 0.5) is 0 Å². The molecule has 156 valence electrons. The van der Waals surface area contributed by atoms with Crippen LogP contribution in [0.3, 0.4) is 0 Å². The van der Waals surface area contributed by atoms with Gasteiger partial charge in [0.25, 0.3) is 0 Å². The maximum atomic E-state index is 11.9. The minimum absolute atomic E-state index is 0.0665. The molecule has 1 aliphatic heterocycles. The van der Waals surface area contributed by atoms with Crippen LogP contribution in [0, 0.1) is 0 Å². The summed E-state index contributed by atoms with van der Waals surface area (Å²) < 4.78 is 29.5. The van der Waals surface area contributed by atoms with Crippen LogP contribution in [0.2, 0.25) is 5.02 Å². The number of carbonyl (C=O) groups excluding carboxylic acids is 1. The van der Waals surface area contributed by atoms with Crippen molar-refractivity contribution in [2.24, 2.45) is 0 Å². The molecular formula is C21H24ClNO5S. The molecule has 2 unspecified atom stereocenters. The third-order valence-corrected chi connectivity index (χ3v) is 6.93. The molecule has 0 radical (unpaired) electrons. The van der Waals surface area contributed by atoms with E-state index in [-0.39, 0.29) is 30.7 Å². The van der Waals surface area contributed by atoms with Gasteiger partial charge in [0.05, 0.1) is 11.5 Å². The van der Waals surface area contributed by atoms with Crippen molar-refractivity contribution in [2.75, 3.05) is 24.7 Å². The first-order valence-corrected chi connectivity index (χ1v) is 11.6. The summed E-state index contributed by atoms with van der Waals surface area (Å²) in [5, 5.41) is 11.1. The lowest BCUT2D eigenvalue weighted by Crippen LogP contribution is -2.42. The fraction of sp³-hybridized carbons (Fsp3) is 0.381. The average Bonchev–Trinajstić information content (AvgIpc) is 3.07. The number of carbonyl (C=O) groups is 1. The summed E-state index contributed by atoms with van der Waals surface area (Å²) in [6, 6.07) is 13.9. The summed E-state index contributed by atoms with van der Waals surface area (Å²) in [6.07, 6.45) is 0.510. The predicted octanol–water partition coefficient (Wildman–Crippen LogP) is 2.58. The molecule has 2 aromatic carbocycles. The molecule has 0 aromatic heterocycles. The van der Waals surface area contributed by atoms with Gasteiger partial charge in [0.2, 0.25) is 0 Å². The first-order valence-electron chi connectivity index (χ1n) is 9.39. The van der Waals surface area contributed by atoms with Crippen molar-refractivity contribution < 1.29 is 23.1 Å². The van der Waals surface area contributed by atoms with Crippen molar-refractivity contribution in [1.29, 1.82) is 0 Å². The minimum Gasteiger partial charge on any atom is -0.491 e. The van der Waals surface area contributed by atoms with Crippen LogP contribution >= 0.6 is 11.6 Å². The van der Waals surface area contributed by atoms with Crippen LogP contribution in [-0.2, 0) is 16.4 Å². The second-order valence-electron chi connectivity index (χ2n) is 7.26. The number of hydrogen-bond acceptors (Lipinski definition) is 6. The molecule has 1 aliphatic rings. The Balaban J connectivity index is 1.63. The zero-order chi connectivity index (χ0) is 20.9. The van der Waals surface area contributed by atoms with Gasteiger partial charge < -0.3 is 9.84 Å². The zero-order valence-electron chi connectivity index (χ0n) is 15.9. The van der Waals surface area contributed by atoms with E-state index in [0.717, 1.165) is 11.8 Å². The Kier molecular flexibility index (Phi) is 7.29. The highest BCUT2D eigenvalue weighted by Gasteiger charge is 2.33. The Morgan fingerprint density at radius 3 is 2.45 bits per heavy atom. The van der Waals surface area contributed by atoms with Crippen LogP contribution in [0.15, 0.2) is 48.5 Å². The topological polar surface area (TPSA) is 83.9 Å². The maximum Gasteiger partial charge on any atom is 0.151 e. The Morgan fingerprint density at radius 1 is 1.17 bits per heavy atom. The van der Waals surface area contributed by atoms with E-state index in [2.05, 4.69) is 0 Å². The maximum absolute atomic E-state index is 11.9. The van der Waals surface area contributed by atoms with Gasteiger partial charge in [0.1, 0.15) is 24.7 Å². The molecule has 0 amide bonds. The molecule has 0 aliphatic carbocycles. The SMILES string of the molecule is O=Cc1ccc(OCC(O)CN(Cc2ccc(Cl)cc2)C2CCS(=O)(=O)C2)cc1. The van der Waals surface area contributed by atoms with Gasteiger partial charge in [-0.15, -0.1) is 0 Å². The molecule has 0 bridgehead atoms. The van der Waals surface area contributed by atoms with Gasteiger partial charge in [0.15, 0.2) is 9.84 Å². The third-order valence-electron chi connectivity index (χ3n) is 4.93. The van der Waals surface area contributed by atoms with E-state index in [1.165, 1.54) is 0 Å². The van der Waals surface area contributed by atoms with Crippen molar-refractivity contribution in [1.82, 2.24) is 4.90 Å². The summed E-state index contributed by atoms with van der Waals surface area (Å²) >= 11 is 5.95. The van der Waals surface area contributed by atoms with E-state index in [0.29, 0.717) is 29.3 Å². The first-order chi connectivity index (χ1) is 13.8. The Bertz CT molecular complexity index is 915.